The molecule has 0 aliphatic heterocycles. The number of hydrogen-bond donors (Lipinski definition) is 0. The van der Waals surface area contributed by atoms with E-state index in [1.807, 2.05) is 65.4 Å². The van der Waals surface area contributed by atoms with Crippen LogP contribution in [-0.2, 0) is 6.54 Å². The summed E-state index contributed by atoms with van der Waals surface area (Å²) < 4.78 is 3.01. The average molecular weight is 367 g/mol. The van der Waals surface area contributed by atoms with E-state index in [2.05, 4.69) is 20.9 Å². The maximum atomic E-state index is 12.2. The van der Waals surface area contributed by atoms with Crippen LogP contribution in [-0.4, -0.2) is 15.3 Å². The van der Waals surface area contributed by atoms with Gasteiger partial charge in [-0.05, 0) is 29.3 Å². The number of rotatable bonds is 5. The lowest BCUT2D eigenvalue weighted by molar-refractivity contribution is 0.104. The fraction of sp³-hybridized carbons (Fsp3) is 0.0526. The highest BCUT2D eigenvalue weighted by molar-refractivity contribution is 9.10. The molecule has 0 aliphatic rings. The first-order chi connectivity index (χ1) is 11.2. The van der Waals surface area contributed by atoms with Gasteiger partial charge >= 0.3 is 0 Å². The second-order valence-corrected chi connectivity index (χ2v) is 6.10. The highest BCUT2D eigenvalue weighted by atomic mass is 79.9. The summed E-state index contributed by atoms with van der Waals surface area (Å²) in [5, 5.41) is 0. The van der Waals surface area contributed by atoms with Crippen molar-refractivity contribution < 1.29 is 4.79 Å². The summed E-state index contributed by atoms with van der Waals surface area (Å²) in [6.07, 6.45) is 8.88. The molecular weight excluding hydrogens is 352 g/mol. The largest absolute Gasteiger partial charge is 0.333 e. The molecule has 0 spiro atoms. The lowest BCUT2D eigenvalue weighted by atomic mass is 10.1. The quantitative estimate of drug-likeness (QED) is 0.488. The van der Waals surface area contributed by atoms with Gasteiger partial charge < -0.3 is 4.57 Å². The van der Waals surface area contributed by atoms with Crippen LogP contribution >= 0.6 is 15.9 Å². The minimum atomic E-state index is 0.00194. The minimum Gasteiger partial charge on any atom is -0.333 e. The van der Waals surface area contributed by atoms with Crippen LogP contribution in [0.3, 0.4) is 0 Å². The summed E-state index contributed by atoms with van der Waals surface area (Å²) in [7, 11) is 0. The SMILES string of the molecule is O=C(/C=C/c1ccc(Br)cc1)c1ccc(Cn2ccnc2)cc1. The second kappa shape index (κ2) is 7.20. The lowest BCUT2D eigenvalue weighted by Gasteiger charge is -2.03. The molecule has 0 N–H and O–H groups in total. The smallest absolute Gasteiger partial charge is 0.185 e. The molecule has 2 aromatic carbocycles. The Kier molecular flexibility index (Phi) is 4.83. The molecule has 3 rings (SSSR count). The number of imidazole rings is 1. The monoisotopic (exact) mass is 366 g/mol. The predicted molar refractivity (Wildman–Crippen MR) is 95.3 cm³/mol. The molecule has 0 saturated carbocycles. The Morgan fingerprint density at radius 1 is 1.09 bits per heavy atom. The zero-order valence-electron chi connectivity index (χ0n) is 12.4. The standard InChI is InChI=1S/C19H15BrN2O/c20-18-8-3-15(4-9-18)5-10-19(23)17-6-1-16(2-7-17)13-22-12-11-21-14-22/h1-12,14H,13H2/b10-5+. The van der Waals surface area contributed by atoms with Gasteiger partial charge in [-0.3, -0.25) is 4.79 Å². The minimum absolute atomic E-state index is 0.00194. The number of allylic oxidation sites excluding steroid dienone is 1. The first-order valence-corrected chi connectivity index (χ1v) is 8.03. The van der Waals surface area contributed by atoms with Gasteiger partial charge in [-0.25, -0.2) is 4.98 Å². The Bertz CT molecular complexity index is 804. The van der Waals surface area contributed by atoms with Gasteiger partial charge in [0.25, 0.3) is 0 Å². The Balaban J connectivity index is 1.66. The Morgan fingerprint density at radius 3 is 2.48 bits per heavy atom. The molecule has 4 heteroatoms. The summed E-state index contributed by atoms with van der Waals surface area (Å²) in [5.74, 6) is 0.00194. The first kappa shape index (κ1) is 15.4. The van der Waals surface area contributed by atoms with Gasteiger partial charge in [-0.1, -0.05) is 58.4 Å². The van der Waals surface area contributed by atoms with Gasteiger partial charge in [0.05, 0.1) is 6.33 Å². The Morgan fingerprint density at radius 2 is 1.83 bits per heavy atom. The number of halogens is 1. The van der Waals surface area contributed by atoms with Gasteiger partial charge in [-0.15, -0.1) is 0 Å². The van der Waals surface area contributed by atoms with E-state index in [9.17, 15) is 4.79 Å². The molecular formula is C19H15BrN2O. The van der Waals surface area contributed by atoms with Gasteiger partial charge in [0.1, 0.15) is 0 Å². The highest BCUT2D eigenvalue weighted by Gasteiger charge is 2.02. The van der Waals surface area contributed by atoms with Crippen molar-refractivity contribution in [2.45, 2.75) is 6.54 Å². The van der Waals surface area contributed by atoms with Crippen LogP contribution in [0.4, 0.5) is 0 Å². The number of benzene rings is 2. The van der Waals surface area contributed by atoms with Crippen LogP contribution in [0.25, 0.3) is 6.08 Å². The normalized spacial score (nSPS) is 11.0. The van der Waals surface area contributed by atoms with Crippen molar-refractivity contribution in [3.63, 3.8) is 0 Å². The number of carbonyl (C=O) groups is 1. The van der Waals surface area contributed by atoms with Crippen LogP contribution in [0.1, 0.15) is 21.5 Å². The van der Waals surface area contributed by atoms with E-state index in [0.29, 0.717) is 5.56 Å². The maximum Gasteiger partial charge on any atom is 0.185 e. The first-order valence-electron chi connectivity index (χ1n) is 7.23. The Labute approximate surface area is 143 Å². The molecule has 0 fully saturated rings. The summed E-state index contributed by atoms with van der Waals surface area (Å²) >= 11 is 3.39. The van der Waals surface area contributed by atoms with E-state index in [1.165, 1.54) is 0 Å². The molecule has 0 amide bonds. The number of hydrogen-bond acceptors (Lipinski definition) is 2. The topological polar surface area (TPSA) is 34.9 Å². The molecule has 114 valence electrons. The molecule has 0 radical (unpaired) electrons. The average Bonchev–Trinajstić information content (AvgIpc) is 3.08. The molecule has 0 atom stereocenters. The second-order valence-electron chi connectivity index (χ2n) is 5.18. The maximum absolute atomic E-state index is 12.2. The molecule has 1 aromatic heterocycles. The van der Waals surface area contributed by atoms with Crippen molar-refractivity contribution in [3.05, 3.63) is 94.5 Å². The third kappa shape index (κ3) is 4.27. The van der Waals surface area contributed by atoms with Crippen molar-refractivity contribution in [1.82, 2.24) is 9.55 Å². The van der Waals surface area contributed by atoms with Crippen molar-refractivity contribution in [1.29, 1.82) is 0 Å². The summed E-state index contributed by atoms with van der Waals surface area (Å²) in [6.45, 7) is 0.753. The molecule has 23 heavy (non-hydrogen) atoms. The van der Waals surface area contributed by atoms with Gasteiger partial charge in [0.2, 0.25) is 0 Å². The van der Waals surface area contributed by atoms with Crippen molar-refractivity contribution >= 4 is 27.8 Å². The molecule has 0 aliphatic carbocycles. The zero-order valence-corrected chi connectivity index (χ0v) is 14.0. The van der Waals surface area contributed by atoms with Crippen molar-refractivity contribution in [2.75, 3.05) is 0 Å². The molecule has 0 bridgehead atoms. The number of ketones is 1. The summed E-state index contributed by atoms with van der Waals surface area (Å²) in [4.78, 5) is 16.2. The summed E-state index contributed by atoms with van der Waals surface area (Å²) in [6, 6.07) is 15.5. The van der Waals surface area contributed by atoms with Crippen LogP contribution in [0.2, 0.25) is 0 Å². The van der Waals surface area contributed by atoms with E-state index in [-0.39, 0.29) is 5.78 Å². The van der Waals surface area contributed by atoms with Crippen LogP contribution in [0.15, 0.2) is 77.8 Å². The highest BCUT2D eigenvalue weighted by Crippen LogP contribution is 2.13. The van der Waals surface area contributed by atoms with Crippen molar-refractivity contribution in [3.8, 4) is 0 Å². The third-order valence-corrected chi connectivity index (χ3v) is 3.99. The van der Waals surface area contributed by atoms with E-state index >= 15 is 0 Å². The number of nitrogens with zero attached hydrogens (tertiary/aromatic N) is 2. The van der Waals surface area contributed by atoms with Crippen LogP contribution in [0, 0.1) is 0 Å². The third-order valence-electron chi connectivity index (χ3n) is 3.46. The van der Waals surface area contributed by atoms with Gasteiger partial charge in [-0.2, -0.15) is 0 Å². The fourth-order valence-corrected chi connectivity index (χ4v) is 2.47. The van der Waals surface area contributed by atoms with Gasteiger partial charge in [0, 0.05) is 29.0 Å². The molecule has 1 heterocycles. The fourth-order valence-electron chi connectivity index (χ4n) is 2.21. The van der Waals surface area contributed by atoms with E-state index in [1.54, 1.807) is 18.6 Å². The van der Waals surface area contributed by atoms with Gasteiger partial charge in [0.15, 0.2) is 5.78 Å². The van der Waals surface area contributed by atoms with E-state index in [4.69, 9.17) is 0 Å². The summed E-state index contributed by atoms with van der Waals surface area (Å²) in [5.41, 5.74) is 2.82. The lowest BCUT2D eigenvalue weighted by Crippen LogP contribution is -1.98. The van der Waals surface area contributed by atoms with Crippen LogP contribution < -0.4 is 0 Å². The number of aromatic nitrogens is 2. The van der Waals surface area contributed by atoms with E-state index < -0.39 is 0 Å². The van der Waals surface area contributed by atoms with Crippen molar-refractivity contribution in [2.24, 2.45) is 0 Å². The Hall–Kier alpha value is -2.46. The number of carbonyl (C=O) groups excluding carboxylic acids is 1. The predicted octanol–water partition coefficient (Wildman–Crippen LogP) is 4.59. The molecule has 3 nitrogen and oxygen atoms in total. The van der Waals surface area contributed by atoms with Crippen LogP contribution in [0.5, 0.6) is 0 Å². The van der Waals surface area contributed by atoms with E-state index in [0.717, 1.165) is 22.1 Å². The molecule has 0 unspecified atom stereocenters. The molecule has 3 aromatic rings. The zero-order chi connectivity index (χ0) is 16.1. The molecule has 0 saturated heterocycles.